The van der Waals surface area contributed by atoms with Crippen LogP contribution in [0.25, 0.3) is 0 Å². The molecular weight excluding hydrogens is 259 g/mol. The van der Waals surface area contributed by atoms with E-state index in [0.29, 0.717) is 17.1 Å². The van der Waals surface area contributed by atoms with Gasteiger partial charge in [0, 0.05) is 6.92 Å². The van der Waals surface area contributed by atoms with Crippen LogP contribution < -0.4 is 11.3 Å². The molecule has 0 aliphatic rings. The average molecular weight is 271 g/mol. The van der Waals surface area contributed by atoms with Crippen molar-refractivity contribution < 1.29 is 17.6 Å². The van der Waals surface area contributed by atoms with Gasteiger partial charge in [0.15, 0.2) is 5.89 Å². The summed E-state index contributed by atoms with van der Waals surface area (Å²) in [5, 5.41) is 0. The van der Waals surface area contributed by atoms with Gasteiger partial charge in [-0.1, -0.05) is 12.1 Å². The van der Waals surface area contributed by atoms with E-state index in [2.05, 4.69) is 10.4 Å². The lowest BCUT2D eigenvalue weighted by Crippen LogP contribution is -2.29. The molecule has 102 valence electrons. The molecule has 2 rings (SSSR count). The Hall–Kier alpha value is -1.86. The number of halogens is 3. The second kappa shape index (κ2) is 5.02. The first kappa shape index (κ1) is 13.6. The maximum absolute atomic E-state index is 12.5. The number of aryl methyl sites for hydroxylation is 1. The van der Waals surface area contributed by atoms with E-state index in [9.17, 15) is 13.2 Å². The first-order valence-corrected chi connectivity index (χ1v) is 5.47. The Morgan fingerprint density at radius 3 is 2.32 bits per heavy atom. The van der Waals surface area contributed by atoms with Gasteiger partial charge in [-0.15, -0.1) is 0 Å². The fraction of sp³-hybridized carbons (Fsp3) is 0.250. The summed E-state index contributed by atoms with van der Waals surface area (Å²) in [6, 6.07) is 4.22. The van der Waals surface area contributed by atoms with Crippen molar-refractivity contribution in [2.75, 3.05) is 0 Å². The van der Waals surface area contributed by atoms with Crippen LogP contribution in [-0.4, -0.2) is 4.98 Å². The summed E-state index contributed by atoms with van der Waals surface area (Å²) in [6.07, 6.45) is -2.94. The number of benzene rings is 1. The first-order chi connectivity index (χ1) is 8.91. The fourth-order valence-electron chi connectivity index (χ4n) is 1.73. The van der Waals surface area contributed by atoms with Crippen molar-refractivity contribution in [3.63, 3.8) is 0 Å². The van der Waals surface area contributed by atoms with Gasteiger partial charge in [0.05, 0.1) is 11.6 Å². The molecule has 0 fully saturated rings. The number of hydrazine groups is 1. The van der Waals surface area contributed by atoms with Gasteiger partial charge in [0.2, 0.25) is 0 Å². The van der Waals surface area contributed by atoms with Gasteiger partial charge < -0.3 is 4.42 Å². The van der Waals surface area contributed by atoms with Gasteiger partial charge in [0.25, 0.3) is 0 Å². The largest absolute Gasteiger partial charge is 0.449 e. The number of nitrogens with two attached hydrogens (primary N) is 1. The Labute approximate surface area is 107 Å². The van der Waals surface area contributed by atoms with Gasteiger partial charge in [0.1, 0.15) is 12.0 Å². The number of rotatable bonds is 3. The van der Waals surface area contributed by atoms with Crippen molar-refractivity contribution >= 4 is 0 Å². The molecule has 0 saturated heterocycles. The Morgan fingerprint density at radius 2 is 1.89 bits per heavy atom. The number of oxazole rings is 1. The molecule has 0 amide bonds. The lowest BCUT2D eigenvalue weighted by atomic mass is 10.0. The number of aromatic nitrogens is 1. The highest BCUT2D eigenvalue weighted by molar-refractivity contribution is 5.30. The molecule has 7 heteroatoms. The van der Waals surface area contributed by atoms with E-state index in [1.807, 2.05) is 0 Å². The minimum absolute atomic E-state index is 0.460. The van der Waals surface area contributed by atoms with Crippen molar-refractivity contribution in [2.45, 2.75) is 19.1 Å². The van der Waals surface area contributed by atoms with Crippen molar-refractivity contribution in [3.8, 4) is 0 Å². The van der Waals surface area contributed by atoms with Crippen molar-refractivity contribution in [3.05, 3.63) is 53.2 Å². The summed E-state index contributed by atoms with van der Waals surface area (Å²) in [5.74, 6) is 5.88. The minimum Gasteiger partial charge on any atom is -0.449 e. The second-order valence-electron chi connectivity index (χ2n) is 4.01. The van der Waals surface area contributed by atoms with E-state index in [0.717, 1.165) is 12.1 Å². The summed E-state index contributed by atoms with van der Waals surface area (Å²) in [6.45, 7) is 1.67. The summed E-state index contributed by atoms with van der Waals surface area (Å²) in [5.41, 5.74) is 2.88. The van der Waals surface area contributed by atoms with Crippen LogP contribution in [0.2, 0.25) is 0 Å². The smallest absolute Gasteiger partial charge is 0.416 e. The molecule has 1 atom stereocenters. The lowest BCUT2D eigenvalue weighted by molar-refractivity contribution is -0.137. The van der Waals surface area contributed by atoms with E-state index in [1.54, 1.807) is 6.92 Å². The summed E-state index contributed by atoms with van der Waals surface area (Å²) in [7, 11) is 0. The number of hydrogen-bond acceptors (Lipinski definition) is 4. The van der Waals surface area contributed by atoms with Crippen LogP contribution in [0.15, 0.2) is 34.9 Å². The van der Waals surface area contributed by atoms with Crippen LogP contribution in [-0.2, 0) is 6.18 Å². The standard InChI is InChI=1S/C12H12F3N3O/c1-7-17-10(6-19-7)11(18-16)8-2-4-9(5-3-8)12(13,14)15/h2-6,11,18H,16H2,1H3. The molecular formula is C12H12F3N3O. The topological polar surface area (TPSA) is 64.1 Å². The Morgan fingerprint density at radius 1 is 1.26 bits per heavy atom. The van der Waals surface area contributed by atoms with E-state index in [4.69, 9.17) is 10.3 Å². The fourth-order valence-corrected chi connectivity index (χ4v) is 1.73. The van der Waals surface area contributed by atoms with Gasteiger partial charge in [-0.05, 0) is 17.7 Å². The maximum atomic E-state index is 12.5. The number of hydrogen-bond donors (Lipinski definition) is 2. The molecule has 1 aromatic carbocycles. The summed E-state index contributed by atoms with van der Waals surface area (Å²) >= 11 is 0. The predicted octanol–water partition coefficient (Wildman–Crippen LogP) is 2.55. The SMILES string of the molecule is Cc1nc(C(NN)c2ccc(C(F)(F)F)cc2)co1. The lowest BCUT2D eigenvalue weighted by Gasteiger charge is -2.14. The van der Waals surface area contributed by atoms with E-state index in [-0.39, 0.29) is 0 Å². The summed E-state index contributed by atoms with van der Waals surface area (Å²) in [4.78, 5) is 4.10. The molecule has 4 nitrogen and oxygen atoms in total. The van der Waals surface area contributed by atoms with Gasteiger partial charge in [-0.3, -0.25) is 5.84 Å². The first-order valence-electron chi connectivity index (χ1n) is 5.47. The van der Waals surface area contributed by atoms with E-state index < -0.39 is 17.8 Å². The molecule has 0 aliphatic heterocycles. The van der Waals surface area contributed by atoms with Gasteiger partial charge in [-0.2, -0.15) is 13.2 Å². The van der Waals surface area contributed by atoms with Gasteiger partial charge in [-0.25, -0.2) is 10.4 Å². The third-order valence-electron chi connectivity index (χ3n) is 2.67. The van der Waals surface area contributed by atoms with E-state index in [1.165, 1.54) is 18.4 Å². The zero-order chi connectivity index (χ0) is 14.0. The predicted molar refractivity (Wildman–Crippen MR) is 61.9 cm³/mol. The molecule has 0 radical (unpaired) electrons. The molecule has 3 N–H and O–H groups in total. The Bertz CT molecular complexity index is 548. The Balaban J connectivity index is 2.30. The molecule has 0 saturated carbocycles. The van der Waals surface area contributed by atoms with Crippen LogP contribution in [0.3, 0.4) is 0 Å². The summed E-state index contributed by atoms with van der Waals surface area (Å²) < 4.78 is 42.4. The van der Waals surface area contributed by atoms with E-state index >= 15 is 0 Å². The molecule has 19 heavy (non-hydrogen) atoms. The Kier molecular flexibility index (Phi) is 3.59. The second-order valence-corrected chi connectivity index (χ2v) is 4.01. The molecule has 0 bridgehead atoms. The van der Waals surface area contributed by atoms with Crippen LogP contribution in [0.4, 0.5) is 13.2 Å². The molecule has 0 spiro atoms. The maximum Gasteiger partial charge on any atom is 0.416 e. The molecule has 1 unspecified atom stereocenters. The number of nitrogens with zero attached hydrogens (tertiary/aromatic N) is 1. The monoisotopic (exact) mass is 271 g/mol. The molecule has 0 aliphatic carbocycles. The minimum atomic E-state index is -4.35. The number of alkyl halides is 3. The average Bonchev–Trinajstić information content (AvgIpc) is 2.76. The molecule has 1 heterocycles. The van der Waals surface area contributed by atoms with Crippen LogP contribution in [0, 0.1) is 6.92 Å². The zero-order valence-electron chi connectivity index (χ0n) is 10.0. The highest BCUT2D eigenvalue weighted by Gasteiger charge is 2.30. The quantitative estimate of drug-likeness (QED) is 0.665. The molecule has 1 aromatic heterocycles. The highest BCUT2D eigenvalue weighted by atomic mass is 19.4. The molecule has 2 aromatic rings. The highest BCUT2D eigenvalue weighted by Crippen LogP contribution is 2.30. The zero-order valence-corrected chi connectivity index (χ0v) is 10.0. The van der Waals surface area contributed by atoms with Crippen molar-refractivity contribution in [2.24, 2.45) is 5.84 Å². The third-order valence-corrected chi connectivity index (χ3v) is 2.67. The van der Waals surface area contributed by atoms with Crippen LogP contribution in [0.5, 0.6) is 0 Å². The van der Waals surface area contributed by atoms with Crippen LogP contribution in [0.1, 0.15) is 28.8 Å². The third kappa shape index (κ3) is 2.94. The normalized spacial score (nSPS) is 13.5. The number of nitrogens with one attached hydrogen (secondary N) is 1. The van der Waals surface area contributed by atoms with Gasteiger partial charge >= 0.3 is 6.18 Å². The van der Waals surface area contributed by atoms with Crippen molar-refractivity contribution in [1.29, 1.82) is 0 Å². The van der Waals surface area contributed by atoms with Crippen LogP contribution >= 0.6 is 0 Å². The van der Waals surface area contributed by atoms with Crippen molar-refractivity contribution in [1.82, 2.24) is 10.4 Å².